The van der Waals surface area contributed by atoms with Crippen LogP contribution in [0.5, 0.6) is 0 Å². The first-order chi connectivity index (χ1) is 8.25. The lowest BCUT2D eigenvalue weighted by atomic mass is 9.99. The van der Waals surface area contributed by atoms with E-state index in [0.717, 1.165) is 26.1 Å². The number of carbonyl (C=O) groups excluding carboxylic acids is 1. The van der Waals surface area contributed by atoms with Crippen LogP contribution in [0.1, 0.15) is 29.8 Å². The molecule has 94 valence electrons. The number of H-pyrrole nitrogens is 1. The van der Waals surface area contributed by atoms with Crippen molar-refractivity contribution in [3.05, 3.63) is 11.8 Å². The van der Waals surface area contributed by atoms with Crippen molar-refractivity contribution in [3.63, 3.8) is 0 Å². The highest BCUT2D eigenvalue weighted by Gasteiger charge is 2.14. The molecule has 2 heterocycles. The Morgan fingerprint density at radius 1 is 1.71 bits per heavy atom. The van der Waals surface area contributed by atoms with Crippen LogP contribution in [0.3, 0.4) is 0 Å². The summed E-state index contributed by atoms with van der Waals surface area (Å²) in [5.74, 6) is 0.734. The van der Waals surface area contributed by atoms with E-state index in [2.05, 4.69) is 15.5 Å². The molecule has 0 aromatic carbocycles. The molecule has 4 N–H and O–H groups in total. The Balaban J connectivity index is 1.69. The third-order valence-corrected chi connectivity index (χ3v) is 2.94. The van der Waals surface area contributed by atoms with Gasteiger partial charge in [0, 0.05) is 25.8 Å². The first kappa shape index (κ1) is 11.9. The van der Waals surface area contributed by atoms with Gasteiger partial charge in [0.25, 0.3) is 5.91 Å². The van der Waals surface area contributed by atoms with Crippen LogP contribution in [0.15, 0.2) is 6.07 Å². The lowest BCUT2D eigenvalue weighted by Gasteiger charge is -2.21. The Bertz CT molecular complexity index is 371. The van der Waals surface area contributed by atoms with Crippen molar-refractivity contribution >= 4 is 11.7 Å². The van der Waals surface area contributed by atoms with Gasteiger partial charge >= 0.3 is 0 Å². The highest BCUT2D eigenvalue weighted by atomic mass is 16.5. The topological polar surface area (TPSA) is 93.0 Å². The van der Waals surface area contributed by atoms with Gasteiger partial charge in [-0.25, -0.2) is 0 Å². The molecule has 2 rings (SSSR count). The summed E-state index contributed by atoms with van der Waals surface area (Å²) < 4.78 is 5.38. The lowest BCUT2D eigenvalue weighted by molar-refractivity contribution is 0.0514. The monoisotopic (exact) mass is 238 g/mol. The van der Waals surface area contributed by atoms with E-state index < -0.39 is 0 Å². The molecule has 1 aliphatic rings. The number of amides is 1. The number of aromatic amines is 1. The fourth-order valence-electron chi connectivity index (χ4n) is 1.97. The van der Waals surface area contributed by atoms with Crippen molar-refractivity contribution in [3.8, 4) is 0 Å². The summed E-state index contributed by atoms with van der Waals surface area (Å²) in [7, 11) is 0. The number of nitrogens with one attached hydrogen (secondary N) is 2. The number of carbonyl (C=O) groups is 1. The molecule has 6 nitrogen and oxygen atoms in total. The van der Waals surface area contributed by atoms with Crippen LogP contribution in [0.2, 0.25) is 0 Å². The largest absolute Gasteiger partial charge is 0.382 e. The third kappa shape index (κ3) is 3.45. The van der Waals surface area contributed by atoms with Gasteiger partial charge in [-0.2, -0.15) is 5.10 Å². The minimum Gasteiger partial charge on any atom is -0.382 e. The minimum absolute atomic E-state index is 0.161. The van der Waals surface area contributed by atoms with E-state index in [0.29, 0.717) is 24.0 Å². The van der Waals surface area contributed by atoms with Crippen LogP contribution in [0, 0.1) is 5.92 Å². The molecule has 1 atom stereocenters. The van der Waals surface area contributed by atoms with E-state index in [4.69, 9.17) is 10.5 Å². The van der Waals surface area contributed by atoms with Crippen LogP contribution in [-0.4, -0.2) is 35.9 Å². The first-order valence-corrected chi connectivity index (χ1v) is 5.92. The third-order valence-electron chi connectivity index (χ3n) is 2.94. The van der Waals surface area contributed by atoms with Crippen molar-refractivity contribution < 1.29 is 9.53 Å². The average Bonchev–Trinajstić information content (AvgIpc) is 2.77. The Morgan fingerprint density at radius 3 is 3.24 bits per heavy atom. The molecule has 0 unspecified atom stereocenters. The molecule has 17 heavy (non-hydrogen) atoms. The summed E-state index contributed by atoms with van der Waals surface area (Å²) in [5.41, 5.74) is 5.83. The predicted octanol–water partition coefficient (Wildman–Crippen LogP) is 0.538. The van der Waals surface area contributed by atoms with E-state index in [9.17, 15) is 4.79 Å². The maximum absolute atomic E-state index is 11.6. The summed E-state index contributed by atoms with van der Waals surface area (Å²) in [4.78, 5) is 11.6. The van der Waals surface area contributed by atoms with Gasteiger partial charge < -0.3 is 15.8 Å². The summed E-state index contributed by atoms with van der Waals surface area (Å²) in [6.07, 6.45) is 3.26. The highest BCUT2D eigenvalue weighted by molar-refractivity contribution is 5.92. The zero-order chi connectivity index (χ0) is 12.1. The van der Waals surface area contributed by atoms with Gasteiger partial charge in [0.15, 0.2) is 0 Å². The molecule has 0 bridgehead atoms. The van der Waals surface area contributed by atoms with Gasteiger partial charge in [0.2, 0.25) is 0 Å². The van der Waals surface area contributed by atoms with Crippen molar-refractivity contribution in [2.45, 2.75) is 19.3 Å². The smallest absolute Gasteiger partial charge is 0.269 e. The number of nitrogens with zero attached hydrogens (tertiary/aromatic N) is 1. The molecule has 0 radical (unpaired) electrons. The fraction of sp³-hybridized carbons (Fsp3) is 0.636. The van der Waals surface area contributed by atoms with Crippen molar-refractivity contribution in [2.75, 3.05) is 25.5 Å². The number of anilines is 1. The standard InChI is InChI=1S/C11H18N4O2/c12-10-6-9(14-15-10)11(16)13-4-3-8-2-1-5-17-7-8/h6,8H,1-5,7H2,(H,13,16)(H3,12,14,15)/t8-/m0/s1. The lowest BCUT2D eigenvalue weighted by Crippen LogP contribution is -2.28. The molecule has 1 fully saturated rings. The summed E-state index contributed by atoms with van der Waals surface area (Å²) in [6.45, 7) is 2.34. The Hall–Kier alpha value is -1.56. The molecule has 6 heteroatoms. The van der Waals surface area contributed by atoms with Gasteiger partial charge in [0.1, 0.15) is 11.5 Å². The van der Waals surface area contributed by atoms with Gasteiger partial charge in [-0.3, -0.25) is 9.89 Å². The zero-order valence-corrected chi connectivity index (χ0v) is 9.74. The highest BCUT2D eigenvalue weighted by Crippen LogP contribution is 2.16. The molecular weight excluding hydrogens is 220 g/mol. The van der Waals surface area contributed by atoms with Gasteiger partial charge in [-0.1, -0.05) is 0 Å². The maximum atomic E-state index is 11.6. The quantitative estimate of drug-likeness (QED) is 0.713. The Morgan fingerprint density at radius 2 is 2.59 bits per heavy atom. The molecule has 1 aromatic heterocycles. The first-order valence-electron chi connectivity index (χ1n) is 5.92. The SMILES string of the molecule is Nc1cc(C(=O)NCC[C@@H]2CCCOC2)[nH]n1. The molecule has 1 aromatic rings. The van der Waals surface area contributed by atoms with E-state index in [1.807, 2.05) is 0 Å². The van der Waals surface area contributed by atoms with E-state index in [1.165, 1.54) is 12.5 Å². The van der Waals surface area contributed by atoms with Gasteiger partial charge in [-0.05, 0) is 25.2 Å². The Labute approximate surface area is 99.9 Å². The number of hydrogen-bond donors (Lipinski definition) is 3. The Kier molecular flexibility index (Phi) is 3.98. The number of hydrogen-bond acceptors (Lipinski definition) is 4. The molecule has 0 spiro atoms. The molecule has 1 aliphatic heterocycles. The second-order valence-corrected chi connectivity index (χ2v) is 4.33. The van der Waals surface area contributed by atoms with Crippen molar-refractivity contribution in [1.82, 2.24) is 15.5 Å². The molecule has 1 saturated heterocycles. The number of nitrogen functional groups attached to an aromatic ring is 1. The molecule has 0 saturated carbocycles. The van der Waals surface area contributed by atoms with E-state index in [1.54, 1.807) is 0 Å². The number of aromatic nitrogens is 2. The molecule has 0 aliphatic carbocycles. The van der Waals surface area contributed by atoms with Crippen LogP contribution in [0.4, 0.5) is 5.82 Å². The summed E-state index contributed by atoms with van der Waals surface area (Å²) in [6, 6.07) is 1.53. The van der Waals surface area contributed by atoms with Gasteiger partial charge in [0.05, 0.1) is 0 Å². The molecular formula is C11H18N4O2. The normalized spacial score (nSPS) is 20.1. The molecule has 1 amide bonds. The van der Waals surface area contributed by atoms with Crippen LogP contribution in [0.25, 0.3) is 0 Å². The number of rotatable bonds is 4. The minimum atomic E-state index is -0.161. The van der Waals surface area contributed by atoms with Crippen LogP contribution >= 0.6 is 0 Å². The summed E-state index contributed by atoms with van der Waals surface area (Å²) in [5, 5.41) is 9.13. The van der Waals surface area contributed by atoms with E-state index in [-0.39, 0.29) is 5.91 Å². The van der Waals surface area contributed by atoms with Crippen molar-refractivity contribution in [1.29, 1.82) is 0 Å². The second kappa shape index (κ2) is 5.67. The van der Waals surface area contributed by atoms with Crippen molar-refractivity contribution in [2.24, 2.45) is 5.92 Å². The van der Waals surface area contributed by atoms with Gasteiger partial charge in [-0.15, -0.1) is 0 Å². The van der Waals surface area contributed by atoms with E-state index >= 15 is 0 Å². The predicted molar refractivity (Wildman–Crippen MR) is 63.5 cm³/mol. The number of nitrogens with two attached hydrogens (primary N) is 1. The second-order valence-electron chi connectivity index (χ2n) is 4.33. The number of ether oxygens (including phenoxy) is 1. The van der Waals surface area contributed by atoms with Crippen LogP contribution < -0.4 is 11.1 Å². The maximum Gasteiger partial charge on any atom is 0.269 e. The zero-order valence-electron chi connectivity index (χ0n) is 9.74. The average molecular weight is 238 g/mol. The van der Waals surface area contributed by atoms with Crippen LogP contribution in [-0.2, 0) is 4.74 Å². The fourth-order valence-corrected chi connectivity index (χ4v) is 1.97. The summed E-state index contributed by atoms with van der Waals surface area (Å²) >= 11 is 0.